The Morgan fingerprint density at radius 3 is 2.71 bits per heavy atom. The Labute approximate surface area is 123 Å². The van der Waals surface area contributed by atoms with Crippen LogP contribution in [0.5, 0.6) is 0 Å². The van der Waals surface area contributed by atoms with Crippen LogP contribution in [0.15, 0.2) is 0 Å². The summed E-state index contributed by atoms with van der Waals surface area (Å²) in [5.41, 5.74) is 0. The molecular formula is C13H23N3O5. The van der Waals surface area contributed by atoms with Crippen LogP contribution in [0, 0.1) is 5.92 Å². The summed E-state index contributed by atoms with van der Waals surface area (Å²) in [4.78, 5) is 33.8. The van der Waals surface area contributed by atoms with Gasteiger partial charge in [-0.15, -0.1) is 0 Å². The van der Waals surface area contributed by atoms with Crippen LogP contribution in [0.4, 0.5) is 4.79 Å². The van der Waals surface area contributed by atoms with E-state index in [1.807, 2.05) is 0 Å². The molecule has 2 unspecified atom stereocenters. The van der Waals surface area contributed by atoms with Gasteiger partial charge in [-0.05, 0) is 19.3 Å². The first kappa shape index (κ1) is 17.4. The molecule has 0 aliphatic heterocycles. The van der Waals surface area contributed by atoms with Crippen LogP contribution in [0.1, 0.15) is 25.7 Å². The molecule has 3 amide bonds. The number of hydrogen-bond donors (Lipinski definition) is 4. The molecule has 0 aromatic heterocycles. The highest BCUT2D eigenvalue weighted by atomic mass is 16.5. The quantitative estimate of drug-likeness (QED) is 0.479. The fourth-order valence-electron chi connectivity index (χ4n) is 2.32. The molecule has 8 nitrogen and oxygen atoms in total. The number of carboxylic acid groups (broad SMARTS) is 1. The topological polar surface area (TPSA) is 117 Å². The highest BCUT2D eigenvalue weighted by Crippen LogP contribution is 2.24. The van der Waals surface area contributed by atoms with Crippen LogP contribution < -0.4 is 16.0 Å². The molecule has 0 heterocycles. The lowest BCUT2D eigenvalue weighted by molar-refractivity contribution is -0.143. The van der Waals surface area contributed by atoms with E-state index in [1.54, 1.807) is 0 Å². The molecule has 1 rings (SSSR count). The van der Waals surface area contributed by atoms with Crippen molar-refractivity contribution in [3.8, 4) is 0 Å². The number of imide groups is 1. The number of methoxy groups -OCH3 is 1. The van der Waals surface area contributed by atoms with E-state index < -0.39 is 17.9 Å². The molecule has 8 heteroatoms. The Morgan fingerprint density at radius 1 is 1.29 bits per heavy atom. The van der Waals surface area contributed by atoms with Gasteiger partial charge in [-0.1, -0.05) is 6.42 Å². The Hall–Kier alpha value is -1.67. The fraction of sp³-hybridized carbons (Fsp3) is 0.769. The van der Waals surface area contributed by atoms with Crippen molar-refractivity contribution in [3.05, 3.63) is 0 Å². The molecule has 0 bridgehead atoms. The van der Waals surface area contributed by atoms with Crippen molar-refractivity contribution in [2.24, 2.45) is 5.92 Å². The Morgan fingerprint density at radius 2 is 2.05 bits per heavy atom. The highest BCUT2D eigenvalue weighted by Gasteiger charge is 2.26. The van der Waals surface area contributed by atoms with Crippen molar-refractivity contribution in [1.82, 2.24) is 16.0 Å². The van der Waals surface area contributed by atoms with Gasteiger partial charge in [-0.2, -0.15) is 0 Å². The summed E-state index contributed by atoms with van der Waals surface area (Å²) >= 11 is 0. The number of urea groups is 1. The average Bonchev–Trinajstić information content (AvgIpc) is 2.45. The summed E-state index contributed by atoms with van der Waals surface area (Å²) in [7, 11) is 1.52. The van der Waals surface area contributed by atoms with Gasteiger partial charge in [0.15, 0.2) is 0 Å². The third kappa shape index (κ3) is 7.05. The van der Waals surface area contributed by atoms with E-state index in [9.17, 15) is 14.4 Å². The molecule has 1 saturated carbocycles. The fourth-order valence-corrected chi connectivity index (χ4v) is 2.32. The van der Waals surface area contributed by atoms with Gasteiger partial charge in [0, 0.05) is 19.7 Å². The highest BCUT2D eigenvalue weighted by molar-refractivity contribution is 5.95. The van der Waals surface area contributed by atoms with Gasteiger partial charge in [0.25, 0.3) is 0 Å². The first-order valence-corrected chi connectivity index (χ1v) is 7.05. The van der Waals surface area contributed by atoms with Crippen molar-refractivity contribution in [2.75, 3.05) is 26.8 Å². The summed E-state index contributed by atoms with van der Waals surface area (Å²) in [5.74, 6) is -1.58. The predicted octanol–water partition coefficient (Wildman–Crippen LogP) is -0.308. The van der Waals surface area contributed by atoms with E-state index >= 15 is 0 Å². The summed E-state index contributed by atoms with van der Waals surface area (Å²) in [6.07, 6.45) is 2.87. The smallest absolute Gasteiger partial charge is 0.321 e. The zero-order chi connectivity index (χ0) is 15.7. The summed E-state index contributed by atoms with van der Waals surface area (Å²) in [5, 5.41) is 16.6. The Bertz CT molecular complexity index is 375. The minimum atomic E-state index is -0.788. The number of aliphatic carboxylic acids is 1. The first-order valence-electron chi connectivity index (χ1n) is 7.05. The third-order valence-corrected chi connectivity index (χ3v) is 3.42. The number of ether oxygens (including phenoxy) is 1. The molecule has 2 atom stereocenters. The minimum absolute atomic E-state index is 0.00199. The average molecular weight is 301 g/mol. The maximum Gasteiger partial charge on any atom is 0.321 e. The SMILES string of the molecule is COCCNC(=O)NC(=O)CNC1CCCC(C(=O)O)C1. The van der Waals surface area contributed by atoms with E-state index in [4.69, 9.17) is 9.84 Å². The first-order chi connectivity index (χ1) is 10.0. The van der Waals surface area contributed by atoms with Crippen LogP contribution in [0.3, 0.4) is 0 Å². The normalized spacial score (nSPS) is 21.6. The largest absolute Gasteiger partial charge is 0.481 e. The standard InChI is InChI=1S/C13H23N3O5/c1-21-6-5-14-13(20)16-11(17)8-15-10-4-2-3-9(7-10)12(18)19/h9-10,15H,2-8H2,1H3,(H,18,19)(H2,14,16,17,20). The van der Waals surface area contributed by atoms with E-state index in [0.29, 0.717) is 26.0 Å². The van der Waals surface area contributed by atoms with Crippen LogP contribution >= 0.6 is 0 Å². The molecule has 0 aromatic carbocycles. The minimum Gasteiger partial charge on any atom is -0.481 e. The van der Waals surface area contributed by atoms with Gasteiger partial charge in [-0.3, -0.25) is 14.9 Å². The van der Waals surface area contributed by atoms with Gasteiger partial charge < -0.3 is 20.5 Å². The van der Waals surface area contributed by atoms with Crippen LogP contribution in [-0.4, -0.2) is 55.9 Å². The zero-order valence-corrected chi connectivity index (χ0v) is 12.2. The lowest BCUT2D eigenvalue weighted by Crippen LogP contribution is -2.46. The van der Waals surface area contributed by atoms with Crippen molar-refractivity contribution in [1.29, 1.82) is 0 Å². The van der Waals surface area contributed by atoms with Crippen molar-refractivity contribution in [2.45, 2.75) is 31.7 Å². The number of hydrogen-bond acceptors (Lipinski definition) is 5. The summed E-state index contributed by atoms with van der Waals surface area (Å²) < 4.78 is 4.77. The zero-order valence-electron chi connectivity index (χ0n) is 12.2. The van der Waals surface area contributed by atoms with E-state index in [1.165, 1.54) is 7.11 Å². The number of amides is 3. The number of carboxylic acids is 1. The molecule has 1 aliphatic rings. The number of carbonyl (C=O) groups is 3. The second kappa shape index (κ2) is 9.30. The van der Waals surface area contributed by atoms with E-state index in [-0.39, 0.29) is 18.5 Å². The number of nitrogens with one attached hydrogen (secondary N) is 3. The molecule has 1 fully saturated rings. The molecule has 120 valence electrons. The van der Waals surface area contributed by atoms with Gasteiger partial charge >= 0.3 is 12.0 Å². The van der Waals surface area contributed by atoms with Crippen LogP contribution in [0.2, 0.25) is 0 Å². The van der Waals surface area contributed by atoms with Crippen molar-refractivity contribution in [3.63, 3.8) is 0 Å². The predicted molar refractivity (Wildman–Crippen MR) is 74.8 cm³/mol. The maximum atomic E-state index is 11.6. The molecule has 4 N–H and O–H groups in total. The number of rotatable bonds is 7. The third-order valence-electron chi connectivity index (χ3n) is 3.42. The number of carbonyl (C=O) groups excluding carboxylic acids is 2. The van der Waals surface area contributed by atoms with Gasteiger partial charge in [0.05, 0.1) is 19.1 Å². The second-order valence-corrected chi connectivity index (χ2v) is 5.08. The molecule has 0 radical (unpaired) electrons. The Balaban J connectivity index is 2.20. The monoisotopic (exact) mass is 301 g/mol. The van der Waals surface area contributed by atoms with Crippen molar-refractivity contribution < 1.29 is 24.2 Å². The molecule has 0 saturated heterocycles. The molecule has 0 spiro atoms. The van der Waals surface area contributed by atoms with Gasteiger partial charge in [-0.25, -0.2) is 4.79 Å². The summed E-state index contributed by atoms with van der Waals surface area (Å²) in [6, 6.07) is -0.562. The van der Waals surface area contributed by atoms with Crippen molar-refractivity contribution >= 4 is 17.9 Å². The molecular weight excluding hydrogens is 278 g/mol. The Kier molecular flexibility index (Phi) is 7.70. The summed E-state index contributed by atoms with van der Waals surface area (Å²) in [6.45, 7) is 0.694. The lowest BCUT2D eigenvalue weighted by atomic mass is 9.86. The molecule has 1 aliphatic carbocycles. The molecule has 21 heavy (non-hydrogen) atoms. The molecule has 0 aromatic rings. The van der Waals surface area contributed by atoms with Gasteiger partial charge in [0.2, 0.25) is 5.91 Å². The maximum absolute atomic E-state index is 11.6. The van der Waals surface area contributed by atoms with Gasteiger partial charge in [0.1, 0.15) is 0 Å². The van der Waals surface area contributed by atoms with E-state index in [0.717, 1.165) is 12.8 Å². The second-order valence-electron chi connectivity index (χ2n) is 5.08. The lowest BCUT2D eigenvalue weighted by Gasteiger charge is -2.27. The van der Waals surface area contributed by atoms with E-state index in [2.05, 4.69) is 16.0 Å². The van der Waals surface area contributed by atoms with Crippen LogP contribution in [-0.2, 0) is 14.3 Å². The van der Waals surface area contributed by atoms with Crippen LogP contribution in [0.25, 0.3) is 0 Å².